The van der Waals surface area contributed by atoms with Crippen molar-refractivity contribution in [3.63, 3.8) is 0 Å². The summed E-state index contributed by atoms with van der Waals surface area (Å²) in [5.41, 5.74) is 0.165. The molecule has 1 saturated carbocycles. The number of nitrogens with one attached hydrogen (secondary N) is 1. The average molecular weight is 275 g/mol. The van der Waals surface area contributed by atoms with Crippen molar-refractivity contribution >= 4 is 11.8 Å². The number of aromatic nitrogens is 2. The Bertz CT molecular complexity index is 597. The van der Waals surface area contributed by atoms with Crippen molar-refractivity contribution in [2.24, 2.45) is 0 Å². The number of carbonyl (C=O) groups is 1. The summed E-state index contributed by atoms with van der Waals surface area (Å²) in [5.74, 6) is 1.21. The molecule has 0 unspecified atom stereocenters. The standard InChI is InChI=1S/C14H17N3O3/c1-14(2,11-6-7-15-19-11)13(18)17-12-10(8-16-20-12)9-4-3-5-9/h6-9H,3-5H2,1-2H3,(H,17,18). The number of hydrogen-bond donors (Lipinski definition) is 1. The van der Waals surface area contributed by atoms with Crippen LogP contribution in [0.4, 0.5) is 5.88 Å². The van der Waals surface area contributed by atoms with Crippen LogP contribution in [0.1, 0.15) is 50.4 Å². The highest BCUT2D eigenvalue weighted by atomic mass is 16.5. The fraction of sp³-hybridized carbons (Fsp3) is 0.500. The predicted molar refractivity (Wildman–Crippen MR) is 71.3 cm³/mol. The normalized spacial score (nSPS) is 15.9. The van der Waals surface area contributed by atoms with Crippen molar-refractivity contribution in [1.29, 1.82) is 0 Å². The van der Waals surface area contributed by atoms with E-state index in [1.54, 1.807) is 26.1 Å². The molecule has 3 rings (SSSR count). The van der Waals surface area contributed by atoms with Crippen LogP contribution < -0.4 is 5.32 Å². The maximum absolute atomic E-state index is 12.4. The third kappa shape index (κ3) is 2.11. The van der Waals surface area contributed by atoms with Gasteiger partial charge in [-0.05, 0) is 32.6 Å². The maximum atomic E-state index is 12.4. The van der Waals surface area contributed by atoms with Gasteiger partial charge in [0, 0.05) is 11.6 Å². The van der Waals surface area contributed by atoms with Crippen LogP contribution in [0.5, 0.6) is 0 Å². The monoisotopic (exact) mass is 275 g/mol. The quantitative estimate of drug-likeness (QED) is 0.927. The molecule has 0 bridgehead atoms. The zero-order chi connectivity index (χ0) is 14.2. The minimum atomic E-state index is -0.819. The van der Waals surface area contributed by atoms with Crippen LogP contribution in [0, 0.1) is 0 Å². The highest BCUT2D eigenvalue weighted by Crippen LogP contribution is 2.40. The van der Waals surface area contributed by atoms with Gasteiger partial charge >= 0.3 is 0 Å². The summed E-state index contributed by atoms with van der Waals surface area (Å²) < 4.78 is 10.3. The van der Waals surface area contributed by atoms with Crippen LogP contribution in [0.25, 0.3) is 0 Å². The summed E-state index contributed by atoms with van der Waals surface area (Å²) >= 11 is 0. The van der Waals surface area contributed by atoms with Gasteiger partial charge in [-0.25, -0.2) is 0 Å². The van der Waals surface area contributed by atoms with E-state index in [2.05, 4.69) is 15.6 Å². The van der Waals surface area contributed by atoms with E-state index in [0.29, 0.717) is 17.6 Å². The average Bonchev–Trinajstić information content (AvgIpc) is 2.98. The van der Waals surface area contributed by atoms with Gasteiger partial charge in [0.05, 0.1) is 12.4 Å². The van der Waals surface area contributed by atoms with Crippen LogP contribution in [0.15, 0.2) is 27.5 Å². The first-order valence-corrected chi connectivity index (χ1v) is 6.76. The van der Waals surface area contributed by atoms with Crippen molar-refractivity contribution in [3.05, 3.63) is 29.8 Å². The van der Waals surface area contributed by atoms with E-state index in [9.17, 15) is 4.79 Å². The molecular weight excluding hydrogens is 258 g/mol. The smallest absolute Gasteiger partial charge is 0.240 e. The van der Waals surface area contributed by atoms with E-state index in [-0.39, 0.29) is 5.91 Å². The van der Waals surface area contributed by atoms with Gasteiger partial charge in [-0.1, -0.05) is 16.7 Å². The maximum Gasteiger partial charge on any atom is 0.240 e. The molecule has 2 aromatic heterocycles. The molecule has 6 heteroatoms. The largest absolute Gasteiger partial charge is 0.360 e. The third-order valence-electron chi connectivity index (χ3n) is 3.99. The molecule has 0 atom stereocenters. The Morgan fingerprint density at radius 2 is 2.15 bits per heavy atom. The summed E-state index contributed by atoms with van der Waals surface area (Å²) in [6.45, 7) is 3.56. The lowest BCUT2D eigenvalue weighted by Crippen LogP contribution is -2.34. The highest BCUT2D eigenvalue weighted by Gasteiger charge is 2.35. The molecule has 1 amide bonds. The fourth-order valence-corrected chi connectivity index (χ4v) is 2.26. The number of anilines is 1. The molecule has 0 spiro atoms. The molecule has 0 saturated heterocycles. The number of rotatable bonds is 4. The molecule has 2 aromatic rings. The molecular formula is C14H17N3O3. The van der Waals surface area contributed by atoms with Crippen LogP contribution in [-0.2, 0) is 10.2 Å². The van der Waals surface area contributed by atoms with Gasteiger partial charge in [0.15, 0.2) is 5.76 Å². The first-order valence-electron chi connectivity index (χ1n) is 6.76. The second kappa shape index (κ2) is 4.77. The molecule has 106 valence electrons. The molecule has 20 heavy (non-hydrogen) atoms. The predicted octanol–water partition coefficient (Wildman–Crippen LogP) is 2.85. The van der Waals surface area contributed by atoms with Crippen LogP contribution in [-0.4, -0.2) is 16.2 Å². The molecule has 1 aliphatic rings. The number of hydrogen-bond acceptors (Lipinski definition) is 5. The molecule has 1 N–H and O–H groups in total. The van der Waals surface area contributed by atoms with Crippen molar-refractivity contribution in [3.8, 4) is 0 Å². The Kier molecular flexibility index (Phi) is 3.08. The molecule has 0 aromatic carbocycles. The summed E-state index contributed by atoms with van der Waals surface area (Å²) in [6, 6.07) is 1.69. The number of amides is 1. The summed E-state index contributed by atoms with van der Waals surface area (Å²) in [7, 11) is 0. The SMILES string of the molecule is CC(C)(C(=O)Nc1oncc1C1CCC1)c1ccno1. The van der Waals surface area contributed by atoms with Gasteiger partial charge in [-0.3, -0.25) is 10.1 Å². The lowest BCUT2D eigenvalue weighted by molar-refractivity contribution is -0.121. The van der Waals surface area contributed by atoms with Crippen molar-refractivity contribution in [1.82, 2.24) is 10.3 Å². The minimum absolute atomic E-state index is 0.202. The lowest BCUT2D eigenvalue weighted by Gasteiger charge is -2.25. The molecule has 2 heterocycles. The minimum Gasteiger partial charge on any atom is -0.360 e. The first kappa shape index (κ1) is 12.9. The van der Waals surface area contributed by atoms with Crippen molar-refractivity contribution < 1.29 is 13.8 Å². The molecule has 1 fully saturated rings. The van der Waals surface area contributed by atoms with E-state index < -0.39 is 5.41 Å². The Morgan fingerprint density at radius 1 is 1.35 bits per heavy atom. The summed E-state index contributed by atoms with van der Waals surface area (Å²) in [5, 5.41) is 10.3. The van der Waals surface area contributed by atoms with Gasteiger partial charge in [-0.2, -0.15) is 0 Å². The highest BCUT2D eigenvalue weighted by molar-refractivity contribution is 5.97. The topological polar surface area (TPSA) is 81.2 Å². The number of nitrogens with zero attached hydrogens (tertiary/aromatic N) is 2. The van der Waals surface area contributed by atoms with E-state index in [1.807, 2.05) is 0 Å². The zero-order valence-electron chi connectivity index (χ0n) is 11.5. The van der Waals surface area contributed by atoms with Crippen molar-refractivity contribution in [2.45, 2.75) is 44.4 Å². The molecule has 0 aliphatic heterocycles. The van der Waals surface area contributed by atoms with Crippen LogP contribution >= 0.6 is 0 Å². The van der Waals surface area contributed by atoms with Crippen LogP contribution in [0.2, 0.25) is 0 Å². The van der Waals surface area contributed by atoms with E-state index in [0.717, 1.165) is 18.4 Å². The van der Waals surface area contributed by atoms with Gasteiger partial charge in [0.2, 0.25) is 11.8 Å². The fourth-order valence-electron chi connectivity index (χ4n) is 2.26. The lowest BCUT2D eigenvalue weighted by atomic mass is 9.81. The van der Waals surface area contributed by atoms with E-state index in [4.69, 9.17) is 9.05 Å². The second-order valence-corrected chi connectivity index (χ2v) is 5.69. The molecule has 0 radical (unpaired) electrons. The van der Waals surface area contributed by atoms with Gasteiger partial charge in [0.25, 0.3) is 0 Å². The Morgan fingerprint density at radius 3 is 2.75 bits per heavy atom. The Balaban J connectivity index is 1.77. The van der Waals surface area contributed by atoms with E-state index >= 15 is 0 Å². The Labute approximate surface area is 116 Å². The Hall–Kier alpha value is -2.11. The first-order chi connectivity index (χ1) is 9.59. The zero-order valence-corrected chi connectivity index (χ0v) is 11.5. The molecule has 6 nitrogen and oxygen atoms in total. The van der Waals surface area contributed by atoms with E-state index in [1.165, 1.54) is 12.6 Å². The van der Waals surface area contributed by atoms with Gasteiger partial charge in [0.1, 0.15) is 5.41 Å². The van der Waals surface area contributed by atoms with Gasteiger partial charge < -0.3 is 9.05 Å². The molecule has 1 aliphatic carbocycles. The summed E-state index contributed by atoms with van der Waals surface area (Å²) in [4.78, 5) is 12.4. The van der Waals surface area contributed by atoms with Gasteiger partial charge in [-0.15, -0.1) is 0 Å². The third-order valence-corrected chi connectivity index (χ3v) is 3.99. The number of carbonyl (C=O) groups excluding carboxylic acids is 1. The van der Waals surface area contributed by atoms with Crippen LogP contribution in [0.3, 0.4) is 0 Å². The van der Waals surface area contributed by atoms with Crippen molar-refractivity contribution in [2.75, 3.05) is 5.32 Å². The summed E-state index contributed by atoms with van der Waals surface area (Å²) in [6.07, 6.45) is 6.68. The second-order valence-electron chi connectivity index (χ2n) is 5.69.